The van der Waals surface area contributed by atoms with Crippen LogP contribution in [0.15, 0.2) is 0 Å². The van der Waals surface area contributed by atoms with Crippen molar-refractivity contribution < 1.29 is 4.74 Å². The minimum atomic E-state index is 0.118. The SMILES string of the molecule is CCCN1CCN(C(CN)(COC)C2CC2)CC1. The van der Waals surface area contributed by atoms with Gasteiger partial charge >= 0.3 is 0 Å². The molecule has 106 valence electrons. The summed E-state index contributed by atoms with van der Waals surface area (Å²) in [7, 11) is 1.81. The molecule has 0 aromatic carbocycles. The molecular formula is C14H29N3O. The van der Waals surface area contributed by atoms with Crippen LogP contribution in [0, 0.1) is 5.92 Å². The molecule has 2 rings (SSSR count). The first-order valence-corrected chi connectivity index (χ1v) is 7.43. The molecule has 0 aromatic rings. The normalized spacial score (nSPS) is 26.2. The van der Waals surface area contributed by atoms with E-state index >= 15 is 0 Å². The van der Waals surface area contributed by atoms with Crippen molar-refractivity contribution in [2.45, 2.75) is 31.7 Å². The minimum absolute atomic E-state index is 0.118. The van der Waals surface area contributed by atoms with Gasteiger partial charge in [0.1, 0.15) is 0 Å². The van der Waals surface area contributed by atoms with Crippen LogP contribution < -0.4 is 5.73 Å². The summed E-state index contributed by atoms with van der Waals surface area (Å²) in [5, 5.41) is 0. The largest absolute Gasteiger partial charge is 0.383 e. The van der Waals surface area contributed by atoms with Gasteiger partial charge in [0.15, 0.2) is 0 Å². The van der Waals surface area contributed by atoms with Crippen LogP contribution in [0.3, 0.4) is 0 Å². The van der Waals surface area contributed by atoms with Gasteiger partial charge in [0.05, 0.1) is 12.1 Å². The molecular weight excluding hydrogens is 226 g/mol. The van der Waals surface area contributed by atoms with Crippen molar-refractivity contribution in [3.05, 3.63) is 0 Å². The van der Waals surface area contributed by atoms with E-state index in [-0.39, 0.29) is 5.54 Å². The van der Waals surface area contributed by atoms with Gasteiger partial charge in [0.25, 0.3) is 0 Å². The van der Waals surface area contributed by atoms with Crippen LogP contribution in [-0.2, 0) is 4.74 Å². The summed E-state index contributed by atoms with van der Waals surface area (Å²) in [5.41, 5.74) is 6.24. The Morgan fingerprint density at radius 3 is 2.33 bits per heavy atom. The second kappa shape index (κ2) is 6.33. The van der Waals surface area contributed by atoms with E-state index in [4.69, 9.17) is 10.5 Å². The summed E-state index contributed by atoms with van der Waals surface area (Å²) in [6, 6.07) is 0. The van der Waals surface area contributed by atoms with E-state index in [2.05, 4.69) is 16.7 Å². The van der Waals surface area contributed by atoms with Gasteiger partial charge in [-0.25, -0.2) is 0 Å². The van der Waals surface area contributed by atoms with Gasteiger partial charge in [0.2, 0.25) is 0 Å². The Balaban J connectivity index is 1.95. The lowest BCUT2D eigenvalue weighted by molar-refractivity contribution is -0.0266. The molecule has 1 atom stereocenters. The molecule has 0 spiro atoms. The second-order valence-corrected chi connectivity index (χ2v) is 5.84. The van der Waals surface area contributed by atoms with Crippen LogP contribution in [-0.4, -0.2) is 68.3 Å². The third-order valence-electron chi connectivity index (χ3n) is 4.63. The Labute approximate surface area is 111 Å². The predicted octanol–water partition coefficient (Wildman–Crippen LogP) is 0.768. The van der Waals surface area contributed by atoms with Crippen LogP contribution in [0.2, 0.25) is 0 Å². The molecule has 0 amide bonds. The van der Waals surface area contributed by atoms with E-state index < -0.39 is 0 Å². The maximum atomic E-state index is 6.12. The number of nitrogens with two attached hydrogens (primary N) is 1. The highest BCUT2D eigenvalue weighted by Gasteiger charge is 2.48. The lowest BCUT2D eigenvalue weighted by atomic mass is 9.91. The van der Waals surface area contributed by atoms with Gasteiger partial charge in [-0.3, -0.25) is 4.90 Å². The van der Waals surface area contributed by atoms with Gasteiger partial charge in [-0.1, -0.05) is 6.92 Å². The molecule has 1 saturated heterocycles. The molecule has 0 bridgehead atoms. The molecule has 18 heavy (non-hydrogen) atoms. The maximum Gasteiger partial charge on any atom is 0.0661 e. The van der Waals surface area contributed by atoms with E-state index in [0.717, 1.165) is 32.2 Å². The van der Waals surface area contributed by atoms with Crippen LogP contribution in [0.5, 0.6) is 0 Å². The Hall–Kier alpha value is -0.160. The van der Waals surface area contributed by atoms with Crippen molar-refractivity contribution in [1.29, 1.82) is 0 Å². The summed E-state index contributed by atoms with van der Waals surface area (Å²) in [4.78, 5) is 5.18. The first-order chi connectivity index (χ1) is 8.76. The zero-order valence-electron chi connectivity index (χ0n) is 12.0. The van der Waals surface area contributed by atoms with Gasteiger partial charge in [0, 0.05) is 39.8 Å². The molecule has 4 nitrogen and oxygen atoms in total. The number of hydrogen-bond acceptors (Lipinski definition) is 4. The monoisotopic (exact) mass is 255 g/mol. The van der Waals surface area contributed by atoms with Crippen molar-refractivity contribution in [1.82, 2.24) is 9.80 Å². The topological polar surface area (TPSA) is 41.7 Å². The summed E-state index contributed by atoms with van der Waals surface area (Å²) in [5.74, 6) is 0.764. The molecule has 2 fully saturated rings. The van der Waals surface area contributed by atoms with Crippen molar-refractivity contribution in [3.63, 3.8) is 0 Å². The van der Waals surface area contributed by atoms with Crippen LogP contribution in [0.25, 0.3) is 0 Å². The lowest BCUT2D eigenvalue weighted by Crippen LogP contribution is -2.63. The highest BCUT2D eigenvalue weighted by molar-refractivity contribution is 5.04. The molecule has 4 heteroatoms. The highest BCUT2D eigenvalue weighted by Crippen LogP contribution is 2.43. The van der Waals surface area contributed by atoms with E-state index in [1.807, 2.05) is 0 Å². The molecule has 1 heterocycles. The van der Waals surface area contributed by atoms with Gasteiger partial charge in [-0.2, -0.15) is 0 Å². The molecule has 1 aliphatic carbocycles. The van der Waals surface area contributed by atoms with E-state index in [1.54, 1.807) is 7.11 Å². The van der Waals surface area contributed by atoms with Crippen molar-refractivity contribution >= 4 is 0 Å². The van der Waals surface area contributed by atoms with E-state index in [9.17, 15) is 0 Å². The number of piperazine rings is 1. The third-order valence-corrected chi connectivity index (χ3v) is 4.63. The van der Waals surface area contributed by atoms with E-state index in [1.165, 1.54) is 38.9 Å². The Morgan fingerprint density at radius 1 is 1.22 bits per heavy atom. The molecule has 1 aliphatic heterocycles. The summed E-state index contributed by atoms with van der Waals surface area (Å²) < 4.78 is 5.49. The zero-order chi connectivity index (χ0) is 13.0. The fourth-order valence-corrected chi connectivity index (χ4v) is 3.43. The van der Waals surface area contributed by atoms with Gasteiger partial charge in [-0.05, 0) is 31.7 Å². The fourth-order valence-electron chi connectivity index (χ4n) is 3.43. The lowest BCUT2D eigenvalue weighted by Gasteiger charge is -2.47. The number of rotatable bonds is 7. The average Bonchev–Trinajstić information content (AvgIpc) is 3.22. The van der Waals surface area contributed by atoms with E-state index in [0.29, 0.717) is 0 Å². The van der Waals surface area contributed by atoms with Crippen LogP contribution in [0.4, 0.5) is 0 Å². The number of nitrogens with zero attached hydrogens (tertiary/aromatic N) is 2. The summed E-state index contributed by atoms with van der Waals surface area (Å²) >= 11 is 0. The summed E-state index contributed by atoms with van der Waals surface area (Å²) in [6.45, 7) is 9.69. The molecule has 0 aromatic heterocycles. The predicted molar refractivity (Wildman–Crippen MR) is 74.7 cm³/mol. The molecule has 0 radical (unpaired) electrons. The minimum Gasteiger partial charge on any atom is -0.383 e. The highest BCUT2D eigenvalue weighted by atomic mass is 16.5. The van der Waals surface area contributed by atoms with Crippen molar-refractivity contribution in [2.24, 2.45) is 11.7 Å². The quantitative estimate of drug-likeness (QED) is 0.729. The Kier molecular flexibility index (Phi) is 5.01. The zero-order valence-corrected chi connectivity index (χ0v) is 12.0. The van der Waals surface area contributed by atoms with Crippen molar-refractivity contribution in [3.8, 4) is 0 Å². The maximum absolute atomic E-state index is 6.12. The second-order valence-electron chi connectivity index (χ2n) is 5.84. The first kappa shape index (κ1) is 14.3. The summed E-state index contributed by atoms with van der Waals surface area (Å²) in [6.07, 6.45) is 3.91. The fraction of sp³-hybridized carbons (Fsp3) is 1.00. The average molecular weight is 255 g/mol. The molecule has 1 saturated carbocycles. The van der Waals surface area contributed by atoms with Gasteiger partial charge in [-0.15, -0.1) is 0 Å². The molecule has 2 aliphatic rings. The van der Waals surface area contributed by atoms with Crippen LogP contribution >= 0.6 is 0 Å². The standard InChI is InChI=1S/C14H29N3O/c1-3-6-16-7-9-17(10-8-16)14(11-15,12-18-2)13-4-5-13/h13H,3-12,15H2,1-2H3. The molecule has 1 unspecified atom stereocenters. The van der Waals surface area contributed by atoms with Crippen LogP contribution in [0.1, 0.15) is 26.2 Å². The third kappa shape index (κ3) is 2.87. The molecule has 2 N–H and O–H groups in total. The van der Waals surface area contributed by atoms with Gasteiger partial charge < -0.3 is 15.4 Å². The Bertz CT molecular complexity index is 249. The number of hydrogen-bond donors (Lipinski definition) is 1. The number of methoxy groups -OCH3 is 1. The van der Waals surface area contributed by atoms with Crippen molar-refractivity contribution in [2.75, 3.05) is 53.0 Å². The first-order valence-electron chi connectivity index (χ1n) is 7.43. The number of ether oxygens (including phenoxy) is 1. The Morgan fingerprint density at radius 2 is 1.89 bits per heavy atom. The smallest absolute Gasteiger partial charge is 0.0661 e.